The maximum atomic E-state index is 12.8. The number of hydrogen-bond acceptors (Lipinski definition) is 6. The lowest BCUT2D eigenvalue weighted by Gasteiger charge is -2.18. The second-order valence-electron chi connectivity index (χ2n) is 18.5. The third-order valence-electron chi connectivity index (χ3n) is 12.0. The number of allylic oxidation sites excluding steroid dienone is 12. The van der Waals surface area contributed by atoms with Crippen molar-refractivity contribution in [2.45, 2.75) is 277 Å². The summed E-state index contributed by atoms with van der Waals surface area (Å²) in [6.07, 6.45) is 69.0. The molecule has 0 spiro atoms. The summed E-state index contributed by atoms with van der Waals surface area (Å²) in [4.78, 5) is 38.0. The monoisotopic (exact) mass is 921 g/mol. The van der Waals surface area contributed by atoms with Gasteiger partial charge in [0.15, 0.2) is 6.10 Å². The molecule has 0 heterocycles. The highest BCUT2D eigenvalue weighted by Crippen LogP contribution is 2.14. The van der Waals surface area contributed by atoms with Gasteiger partial charge in [0.05, 0.1) is 0 Å². The first kappa shape index (κ1) is 62.8. The summed E-state index contributed by atoms with van der Waals surface area (Å²) in [7, 11) is 0. The van der Waals surface area contributed by atoms with Crippen molar-refractivity contribution in [3.05, 3.63) is 72.9 Å². The van der Waals surface area contributed by atoms with Gasteiger partial charge in [0.25, 0.3) is 0 Å². The Hall–Kier alpha value is -3.15. The molecular weight excluding hydrogens is 817 g/mol. The Bertz CT molecular complexity index is 1240. The molecule has 6 heteroatoms. The highest BCUT2D eigenvalue weighted by Gasteiger charge is 2.19. The topological polar surface area (TPSA) is 78.9 Å². The van der Waals surface area contributed by atoms with Gasteiger partial charge in [-0.3, -0.25) is 14.4 Å². The fourth-order valence-electron chi connectivity index (χ4n) is 7.73. The van der Waals surface area contributed by atoms with Gasteiger partial charge in [-0.2, -0.15) is 0 Å². The Balaban J connectivity index is 4.47. The molecule has 6 nitrogen and oxygen atoms in total. The first-order chi connectivity index (χ1) is 32.5. The Morgan fingerprint density at radius 1 is 0.318 bits per heavy atom. The van der Waals surface area contributed by atoms with Crippen LogP contribution in [0.2, 0.25) is 0 Å². The fourth-order valence-corrected chi connectivity index (χ4v) is 7.73. The predicted molar refractivity (Wildman–Crippen MR) is 284 cm³/mol. The van der Waals surface area contributed by atoms with E-state index < -0.39 is 6.10 Å². The maximum absolute atomic E-state index is 12.8. The van der Waals surface area contributed by atoms with E-state index in [0.29, 0.717) is 19.3 Å². The van der Waals surface area contributed by atoms with Crippen LogP contribution in [0.3, 0.4) is 0 Å². The molecule has 0 rings (SSSR count). The van der Waals surface area contributed by atoms with E-state index in [-0.39, 0.29) is 37.5 Å². The molecule has 0 N–H and O–H groups in total. The molecule has 0 saturated heterocycles. The molecule has 0 bridgehead atoms. The molecule has 0 aliphatic carbocycles. The number of esters is 3. The van der Waals surface area contributed by atoms with E-state index in [1.54, 1.807) is 0 Å². The van der Waals surface area contributed by atoms with Gasteiger partial charge in [-0.05, 0) is 89.9 Å². The van der Waals surface area contributed by atoms with Crippen LogP contribution >= 0.6 is 0 Å². The maximum Gasteiger partial charge on any atom is 0.306 e. The molecule has 1 unspecified atom stereocenters. The van der Waals surface area contributed by atoms with Gasteiger partial charge in [-0.1, -0.05) is 235 Å². The molecule has 0 saturated carbocycles. The largest absolute Gasteiger partial charge is 0.462 e. The van der Waals surface area contributed by atoms with E-state index in [2.05, 4.69) is 87.6 Å². The quantitative estimate of drug-likeness (QED) is 0.0199. The van der Waals surface area contributed by atoms with E-state index >= 15 is 0 Å². The van der Waals surface area contributed by atoms with Crippen molar-refractivity contribution >= 4 is 17.9 Å². The molecule has 0 aromatic rings. The van der Waals surface area contributed by atoms with E-state index in [1.165, 1.54) is 148 Å². The van der Waals surface area contributed by atoms with Crippen LogP contribution in [-0.2, 0) is 28.6 Å². The van der Waals surface area contributed by atoms with E-state index in [0.717, 1.165) is 77.0 Å². The van der Waals surface area contributed by atoms with Crippen LogP contribution in [0.1, 0.15) is 271 Å². The van der Waals surface area contributed by atoms with Crippen LogP contribution in [0, 0.1) is 0 Å². The molecule has 0 fully saturated rings. The average Bonchev–Trinajstić information content (AvgIpc) is 3.31. The number of carbonyl (C=O) groups is 3. The SMILES string of the molecule is CCCCCCC/C=C/C=C/C=C/CCCCCCCC(=O)OCC(COC(=O)CC/C=C/C/C=C/CCCCCCCC)OC(=O)CCCCCCCCC/C=C/CCCCCCCC. The molecule has 0 aliphatic heterocycles. The molecule has 66 heavy (non-hydrogen) atoms. The van der Waals surface area contributed by atoms with Crippen molar-refractivity contribution < 1.29 is 28.6 Å². The summed E-state index contributed by atoms with van der Waals surface area (Å²) in [6, 6.07) is 0. The van der Waals surface area contributed by atoms with Gasteiger partial charge in [0, 0.05) is 19.3 Å². The van der Waals surface area contributed by atoms with Gasteiger partial charge in [-0.15, -0.1) is 0 Å². The molecule has 0 aromatic carbocycles. The highest BCUT2D eigenvalue weighted by atomic mass is 16.6. The van der Waals surface area contributed by atoms with Gasteiger partial charge < -0.3 is 14.2 Å². The van der Waals surface area contributed by atoms with Gasteiger partial charge in [0.2, 0.25) is 0 Å². The van der Waals surface area contributed by atoms with E-state index in [9.17, 15) is 14.4 Å². The highest BCUT2D eigenvalue weighted by molar-refractivity contribution is 5.71. The third-order valence-corrected chi connectivity index (χ3v) is 12.0. The summed E-state index contributed by atoms with van der Waals surface area (Å²) < 4.78 is 16.8. The van der Waals surface area contributed by atoms with Crippen LogP contribution in [0.4, 0.5) is 0 Å². The zero-order chi connectivity index (χ0) is 47.9. The molecule has 0 radical (unpaired) electrons. The van der Waals surface area contributed by atoms with E-state index in [1.807, 2.05) is 6.08 Å². The molecule has 0 aliphatic rings. The lowest BCUT2D eigenvalue weighted by molar-refractivity contribution is -0.166. The number of hydrogen-bond donors (Lipinski definition) is 0. The minimum Gasteiger partial charge on any atom is -0.462 e. The lowest BCUT2D eigenvalue weighted by atomic mass is 10.1. The van der Waals surface area contributed by atoms with Crippen LogP contribution in [-0.4, -0.2) is 37.2 Å². The van der Waals surface area contributed by atoms with Crippen LogP contribution < -0.4 is 0 Å². The second kappa shape index (κ2) is 54.5. The number of unbranched alkanes of at least 4 members (excludes halogenated alkanes) is 29. The van der Waals surface area contributed by atoms with Crippen molar-refractivity contribution in [3.8, 4) is 0 Å². The standard InChI is InChI=1S/C60H104O6/c1-4-7-10-13-16-19-22-25-27-29-31-32-35-38-41-44-47-50-53-59(62)65-56-57(55-64-58(61)52-49-46-43-40-37-34-24-21-18-15-12-9-6-3)66-60(63)54-51-48-45-42-39-36-33-30-28-26-23-20-17-14-11-8-5-2/h22,25-29,31-32,34,37,43,46,57H,4-21,23-24,30,33,35-36,38-42,44-45,47-56H2,1-3H3/b25-22+,28-26+,29-27+,32-31+,37-34+,46-43+. The molecule has 380 valence electrons. The Morgan fingerprint density at radius 3 is 1.06 bits per heavy atom. The second-order valence-corrected chi connectivity index (χ2v) is 18.5. The minimum atomic E-state index is -0.809. The minimum absolute atomic E-state index is 0.104. The summed E-state index contributed by atoms with van der Waals surface area (Å²) in [5.74, 6) is -0.991. The van der Waals surface area contributed by atoms with Crippen molar-refractivity contribution in [1.29, 1.82) is 0 Å². The molecule has 0 aromatic heterocycles. The van der Waals surface area contributed by atoms with Gasteiger partial charge >= 0.3 is 17.9 Å². The zero-order valence-electron chi connectivity index (χ0n) is 43.4. The third kappa shape index (κ3) is 51.8. The first-order valence-corrected chi connectivity index (χ1v) is 28.0. The van der Waals surface area contributed by atoms with Gasteiger partial charge in [0.1, 0.15) is 13.2 Å². The zero-order valence-corrected chi connectivity index (χ0v) is 43.4. The Kier molecular flexibility index (Phi) is 51.9. The number of carbonyl (C=O) groups excluding carboxylic acids is 3. The Labute approximate surface area is 408 Å². The van der Waals surface area contributed by atoms with Crippen LogP contribution in [0.25, 0.3) is 0 Å². The first-order valence-electron chi connectivity index (χ1n) is 28.0. The predicted octanol–water partition coefficient (Wildman–Crippen LogP) is 18.6. The van der Waals surface area contributed by atoms with Crippen LogP contribution in [0.5, 0.6) is 0 Å². The van der Waals surface area contributed by atoms with Crippen LogP contribution in [0.15, 0.2) is 72.9 Å². The van der Waals surface area contributed by atoms with Gasteiger partial charge in [-0.25, -0.2) is 0 Å². The summed E-state index contributed by atoms with van der Waals surface area (Å²) in [5.41, 5.74) is 0. The fraction of sp³-hybridized carbons (Fsp3) is 0.750. The summed E-state index contributed by atoms with van der Waals surface area (Å²) in [5, 5.41) is 0. The summed E-state index contributed by atoms with van der Waals surface area (Å²) >= 11 is 0. The normalized spacial score (nSPS) is 12.6. The smallest absolute Gasteiger partial charge is 0.306 e. The van der Waals surface area contributed by atoms with Crippen molar-refractivity contribution in [1.82, 2.24) is 0 Å². The lowest BCUT2D eigenvalue weighted by Crippen LogP contribution is -2.30. The molecule has 0 amide bonds. The van der Waals surface area contributed by atoms with Crippen molar-refractivity contribution in [2.75, 3.05) is 13.2 Å². The summed E-state index contributed by atoms with van der Waals surface area (Å²) in [6.45, 7) is 6.55. The van der Waals surface area contributed by atoms with Crippen molar-refractivity contribution in [3.63, 3.8) is 0 Å². The van der Waals surface area contributed by atoms with E-state index in [4.69, 9.17) is 14.2 Å². The molecule has 1 atom stereocenters. The number of rotatable bonds is 50. The van der Waals surface area contributed by atoms with Crippen molar-refractivity contribution in [2.24, 2.45) is 0 Å². The Morgan fingerprint density at radius 2 is 0.636 bits per heavy atom. The average molecular weight is 921 g/mol. The number of ether oxygens (including phenoxy) is 3. The molecular formula is C60H104O6.